The molecule has 0 amide bonds. The molecule has 2 unspecified atom stereocenters. The number of hydrogen-bond acceptors (Lipinski definition) is 2. The summed E-state index contributed by atoms with van der Waals surface area (Å²) in [5.41, 5.74) is 0. The van der Waals surface area contributed by atoms with E-state index in [2.05, 4.69) is 25.2 Å². The predicted molar refractivity (Wildman–Crippen MR) is 42.5 cm³/mol. The summed E-state index contributed by atoms with van der Waals surface area (Å²) in [5.74, 6) is 0.677. The van der Waals surface area contributed by atoms with Gasteiger partial charge in [0.1, 0.15) is 0 Å². The summed E-state index contributed by atoms with van der Waals surface area (Å²) in [6.45, 7) is 7.16. The third kappa shape index (κ3) is 4.34. The Bertz CT molecular complexity index is 115. The van der Waals surface area contributed by atoms with Crippen molar-refractivity contribution in [2.75, 3.05) is 6.54 Å². The van der Waals surface area contributed by atoms with Crippen LogP contribution in [-0.4, -0.2) is 12.6 Å². The fourth-order valence-corrected chi connectivity index (χ4v) is 0.568. The molecule has 0 aromatic rings. The van der Waals surface area contributed by atoms with Crippen LogP contribution in [0.15, 0.2) is 0 Å². The lowest BCUT2D eigenvalue weighted by molar-refractivity contribution is 0.486. The van der Waals surface area contributed by atoms with Crippen molar-refractivity contribution in [2.45, 2.75) is 33.2 Å². The summed E-state index contributed by atoms with van der Waals surface area (Å²) in [7, 11) is 0. The Balaban J connectivity index is 3.28. The van der Waals surface area contributed by atoms with Crippen LogP contribution in [0.25, 0.3) is 0 Å². The van der Waals surface area contributed by atoms with Crippen LogP contribution < -0.4 is 5.32 Å². The monoisotopic (exact) mass is 140 g/mol. The molecule has 0 saturated heterocycles. The first-order valence-corrected chi connectivity index (χ1v) is 3.83. The van der Waals surface area contributed by atoms with Crippen molar-refractivity contribution < 1.29 is 0 Å². The number of rotatable bonds is 4. The Morgan fingerprint density at radius 1 is 1.50 bits per heavy atom. The molecule has 0 aromatic carbocycles. The maximum atomic E-state index is 8.41. The third-order valence-electron chi connectivity index (χ3n) is 1.66. The van der Waals surface area contributed by atoms with Crippen LogP contribution in [0.2, 0.25) is 0 Å². The molecule has 0 aliphatic carbocycles. The predicted octanol–water partition coefficient (Wildman–Crippen LogP) is 1.53. The molecule has 0 aliphatic rings. The minimum Gasteiger partial charge on any atom is -0.302 e. The van der Waals surface area contributed by atoms with Crippen LogP contribution >= 0.6 is 0 Å². The van der Waals surface area contributed by atoms with Gasteiger partial charge < -0.3 is 5.32 Å². The number of nitrogens with zero attached hydrogens (tertiary/aromatic N) is 1. The van der Waals surface area contributed by atoms with E-state index in [0.717, 1.165) is 6.54 Å². The molecule has 2 nitrogen and oxygen atoms in total. The molecule has 2 atom stereocenters. The van der Waals surface area contributed by atoms with E-state index < -0.39 is 0 Å². The standard InChI is InChI=1S/C8H16N2/c1-4-7(2)6-10-8(3)5-9/h7-8,10H,4,6H2,1-3H3. The number of hydrogen-bond donors (Lipinski definition) is 1. The van der Waals surface area contributed by atoms with Crippen molar-refractivity contribution in [3.05, 3.63) is 0 Å². The van der Waals surface area contributed by atoms with E-state index >= 15 is 0 Å². The molecule has 1 N–H and O–H groups in total. The SMILES string of the molecule is CCC(C)CNC(C)C#N. The van der Waals surface area contributed by atoms with Crippen molar-refractivity contribution in [3.63, 3.8) is 0 Å². The van der Waals surface area contributed by atoms with Gasteiger partial charge in [-0.15, -0.1) is 0 Å². The van der Waals surface area contributed by atoms with E-state index in [-0.39, 0.29) is 6.04 Å². The van der Waals surface area contributed by atoms with Crippen molar-refractivity contribution >= 4 is 0 Å². The first kappa shape index (κ1) is 9.45. The van der Waals surface area contributed by atoms with Gasteiger partial charge in [0.2, 0.25) is 0 Å². The van der Waals surface area contributed by atoms with Gasteiger partial charge in [-0.05, 0) is 19.4 Å². The zero-order valence-electron chi connectivity index (χ0n) is 7.02. The maximum absolute atomic E-state index is 8.41. The summed E-state index contributed by atoms with van der Waals surface area (Å²) < 4.78 is 0. The maximum Gasteiger partial charge on any atom is 0.0924 e. The van der Waals surface area contributed by atoms with Crippen molar-refractivity contribution in [1.29, 1.82) is 5.26 Å². The third-order valence-corrected chi connectivity index (χ3v) is 1.66. The second-order valence-corrected chi connectivity index (χ2v) is 2.77. The Labute approximate surface area is 63.2 Å². The summed E-state index contributed by atoms with van der Waals surface area (Å²) in [6.07, 6.45) is 1.17. The minimum atomic E-state index is -0.00556. The van der Waals surface area contributed by atoms with Gasteiger partial charge in [-0.2, -0.15) is 5.26 Å². The highest BCUT2D eigenvalue weighted by atomic mass is 14.9. The van der Waals surface area contributed by atoms with Crippen molar-refractivity contribution in [1.82, 2.24) is 5.32 Å². The average molecular weight is 140 g/mol. The number of nitriles is 1. The molecule has 0 aromatic heterocycles. The first-order valence-electron chi connectivity index (χ1n) is 3.83. The Kier molecular flexibility index (Phi) is 4.96. The lowest BCUT2D eigenvalue weighted by atomic mass is 10.1. The van der Waals surface area contributed by atoms with Crippen LogP contribution in [0, 0.1) is 17.2 Å². The molecule has 0 aliphatic heterocycles. The highest BCUT2D eigenvalue weighted by Gasteiger charge is 2.00. The summed E-state index contributed by atoms with van der Waals surface area (Å²) in [4.78, 5) is 0. The van der Waals surface area contributed by atoms with Gasteiger partial charge in [0.25, 0.3) is 0 Å². The highest BCUT2D eigenvalue weighted by molar-refractivity contribution is 4.85. The Morgan fingerprint density at radius 2 is 2.10 bits per heavy atom. The lowest BCUT2D eigenvalue weighted by Crippen LogP contribution is -2.28. The molecule has 0 saturated carbocycles. The van der Waals surface area contributed by atoms with E-state index in [1.807, 2.05) is 6.92 Å². The average Bonchev–Trinajstić information content (AvgIpc) is 1.99. The van der Waals surface area contributed by atoms with Crippen LogP contribution in [-0.2, 0) is 0 Å². The van der Waals surface area contributed by atoms with Crippen molar-refractivity contribution in [3.8, 4) is 6.07 Å². The lowest BCUT2D eigenvalue weighted by Gasteiger charge is -2.10. The zero-order chi connectivity index (χ0) is 7.98. The van der Waals surface area contributed by atoms with Crippen LogP contribution in [0.3, 0.4) is 0 Å². The molecule has 0 spiro atoms. The molecule has 0 radical (unpaired) electrons. The van der Waals surface area contributed by atoms with Gasteiger partial charge in [0.05, 0.1) is 12.1 Å². The van der Waals surface area contributed by atoms with Crippen LogP contribution in [0.5, 0.6) is 0 Å². The van der Waals surface area contributed by atoms with E-state index in [1.165, 1.54) is 6.42 Å². The van der Waals surface area contributed by atoms with Gasteiger partial charge in [-0.1, -0.05) is 20.3 Å². The van der Waals surface area contributed by atoms with E-state index in [1.54, 1.807) is 0 Å². The normalized spacial score (nSPS) is 15.8. The van der Waals surface area contributed by atoms with Gasteiger partial charge in [0, 0.05) is 0 Å². The molecule has 0 rings (SSSR count). The molecule has 0 heterocycles. The van der Waals surface area contributed by atoms with Gasteiger partial charge in [-0.25, -0.2) is 0 Å². The van der Waals surface area contributed by atoms with E-state index in [4.69, 9.17) is 5.26 Å². The molecule has 58 valence electrons. The molecule has 0 fully saturated rings. The topological polar surface area (TPSA) is 35.8 Å². The fourth-order valence-electron chi connectivity index (χ4n) is 0.568. The minimum absolute atomic E-state index is 0.00556. The van der Waals surface area contributed by atoms with E-state index in [0.29, 0.717) is 5.92 Å². The van der Waals surface area contributed by atoms with Gasteiger partial charge in [0.15, 0.2) is 0 Å². The smallest absolute Gasteiger partial charge is 0.0924 e. The second-order valence-electron chi connectivity index (χ2n) is 2.77. The zero-order valence-corrected chi connectivity index (χ0v) is 7.02. The summed E-state index contributed by atoms with van der Waals surface area (Å²) in [5, 5.41) is 11.5. The Hall–Kier alpha value is -0.550. The molecular formula is C8H16N2. The number of nitrogens with one attached hydrogen (secondary N) is 1. The first-order chi connectivity index (χ1) is 4.70. The molecule has 0 bridgehead atoms. The Morgan fingerprint density at radius 3 is 2.50 bits per heavy atom. The summed E-state index contributed by atoms with van der Waals surface area (Å²) in [6, 6.07) is 2.13. The van der Waals surface area contributed by atoms with Gasteiger partial charge >= 0.3 is 0 Å². The second kappa shape index (κ2) is 5.25. The fraction of sp³-hybridized carbons (Fsp3) is 0.875. The molecular weight excluding hydrogens is 124 g/mol. The van der Waals surface area contributed by atoms with Crippen LogP contribution in [0.1, 0.15) is 27.2 Å². The molecule has 10 heavy (non-hydrogen) atoms. The largest absolute Gasteiger partial charge is 0.302 e. The summed E-state index contributed by atoms with van der Waals surface area (Å²) >= 11 is 0. The van der Waals surface area contributed by atoms with E-state index in [9.17, 15) is 0 Å². The highest BCUT2D eigenvalue weighted by Crippen LogP contribution is 1.97. The van der Waals surface area contributed by atoms with Gasteiger partial charge in [-0.3, -0.25) is 0 Å². The van der Waals surface area contributed by atoms with Crippen molar-refractivity contribution in [2.24, 2.45) is 5.92 Å². The van der Waals surface area contributed by atoms with Crippen LogP contribution in [0.4, 0.5) is 0 Å². The molecule has 2 heteroatoms. The quantitative estimate of drug-likeness (QED) is 0.643.